The van der Waals surface area contributed by atoms with Gasteiger partial charge in [0, 0.05) is 37.6 Å². The van der Waals surface area contributed by atoms with E-state index in [1.165, 1.54) is 0 Å². The predicted molar refractivity (Wildman–Crippen MR) is 81.1 cm³/mol. The summed E-state index contributed by atoms with van der Waals surface area (Å²) in [4.78, 5) is 13.9. The van der Waals surface area contributed by atoms with Crippen LogP contribution in [-0.2, 0) is 24.4 Å². The SMILES string of the molecule is CCn1ncc(CN(C)C(=O)Cn2cc(Cl)c(C)n2)c1C. The van der Waals surface area contributed by atoms with Crippen LogP contribution in [0.5, 0.6) is 0 Å². The number of rotatable bonds is 5. The van der Waals surface area contributed by atoms with Gasteiger partial charge in [-0.25, -0.2) is 0 Å². The Bertz CT molecular complexity index is 626. The number of nitrogens with zero attached hydrogens (tertiary/aromatic N) is 5. The third-order valence-corrected chi connectivity index (χ3v) is 3.89. The summed E-state index contributed by atoms with van der Waals surface area (Å²) in [6.45, 7) is 7.43. The Morgan fingerprint density at radius 2 is 2.14 bits per heavy atom. The lowest BCUT2D eigenvalue weighted by Crippen LogP contribution is -2.30. The van der Waals surface area contributed by atoms with Crippen molar-refractivity contribution in [2.24, 2.45) is 0 Å². The zero-order valence-corrected chi connectivity index (χ0v) is 13.6. The first-order valence-corrected chi connectivity index (χ1v) is 7.25. The quantitative estimate of drug-likeness (QED) is 0.849. The molecule has 0 atom stereocenters. The minimum Gasteiger partial charge on any atom is -0.340 e. The maximum atomic E-state index is 12.2. The van der Waals surface area contributed by atoms with E-state index in [1.54, 1.807) is 22.8 Å². The van der Waals surface area contributed by atoms with E-state index in [0.29, 0.717) is 11.6 Å². The van der Waals surface area contributed by atoms with Gasteiger partial charge < -0.3 is 4.90 Å². The summed E-state index contributed by atoms with van der Waals surface area (Å²) in [5.74, 6) is -0.0159. The van der Waals surface area contributed by atoms with Crippen LogP contribution in [0.1, 0.15) is 23.9 Å². The highest BCUT2D eigenvalue weighted by Gasteiger charge is 2.14. The summed E-state index contributed by atoms with van der Waals surface area (Å²) in [6, 6.07) is 0. The van der Waals surface area contributed by atoms with Crippen LogP contribution in [0.2, 0.25) is 5.02 Å². The first kappa shape index (κ1) is 15.6. The molecule has 7 heteroatoms. The van der Waals surface area contributed by atoms with Gasteiger partial charge in [0.25, 0.3) is 0 Å². The molecule has 0 fully saturated rings. The average molecular weight is 310 g/mol. The van der Waals surface area contributed by atoms with Gasteiger partial charge in [-0.05, 0) is 20.8 Å². The molecule has 0 spiro atoms. The fourth-order valence-corrected chi connectivity index (χ4v) is 2.29. The van der Waals surface area contributed by atoms with Crippen LogP contribution in [0.15, 0.2) is 12.4 Å². The van der Waals surface area contributed by atoms with Crippen molar-refractivity contribution >= 4 is 17.5 Å². The van der Waals surface area contributed by atoms with Crippen molar-refractivity contribution in [3.05, 3.63) is 34.4 Å². The van der Waals surface area contributed by atoms with E-state index in [-0.39, 0.29) is 12.5 Å². The largest absolute Gasteiger partial charge is 0.340 e. The zero-order chi connectivity index (χ0) is 15.6. The molecule has 6 nitrogen and oxygen atoms in total. The Labute approximate surface area is 129 Å². The fraction of sp³-hybridized carbons (Fsp3) is 0.500. The number of aromatic nitrogens is 4. The van der Waals surface area contributed by atoms with Crippen molar-refractivity contribution in [1.82, 2.24) is 24.5 Å². The van der Waals surface area contributed by atoms with Gasteiger partial charge in [0.2, 0.25) is 5.91 Å². The van der Waals surface area contributed by atoms with Gasteiger partial charge in [-0.3, -0.25) is 14.2 Å². The van der Waals surface area contributed by atoms with Crippen LogP contribution in [0.4, 0.5) is 0 Å². The molecule has 114 valence electrons. The molecular formula is C14H20ClN5O. The molecule has 2 aromatic rings. The molecule has 2 rings (SSSR count). The molecule has 0 aliphatic heterocycles. The molecule has 0 aliphatic carbocycles. The number of amides is 1. The van der Waals surface area contributed by atoms with Gasteiger partial charge in [0.05, 0.1) is 16.9 Å². The van der Waals surface area contributed by atoms with Crippen molar-refractivity contribution in [2.45, 2.75) is 40.4 Å². The molecule has 2 aromatic heterocycles. The number of hydrogen-bond acceptors (Lipinski definition) is 3. The summed E-state index contributed by atoms with van der Waals surface area (Å²) in [6.07, 6.45) is 3.49. The highest BCUT2D eigenvalue weighted by molar-refractivity contribution is 6.31. The Kier molecular flexibility index (Phi) is 4.67. The van der Waals surface area contributed by atoms with Crippen LogP contribution in [0, 0.1) is 13.8 Å². The van der Waals surface area contributed by atoms with Crippen LogP contribution in [-0.4, -0.2) is 37.4 Å². The fourth-order valence-electron chi connectivity index (χ4n) is 2.14. The minimum absolute atomic E-state index is 0.0159. The first-order valence-electron chi connectivity index (χ1n) is 6.87. The summed E-state index contributed by atoms with van der Waals surface area (Å²) >= 11 is 5.94. The molecule has 21 heavy (non-hydrogen) atoms. The van der Waals surface area contributed by atoms with Gasteiger partial charge >= 0.3 is 0 Å². The maximum Gasteiger partial charge on any atom is 0.244 e. The third-order valence-electron chi connectivity index (χ3n) is 3.52. The molecular weight excluding hydrogens is 290 g/mol. The standard InChI is InChI=1S/C14H20ClN5O/c1-5-20-11(3)12(6-16-20)7-18(4)14(21)9-19-8-13(15)10(2)17-19/h6,8H,5,7,9H2,1-4H3. The second kappa shape index (κ2) is 6.30. The molecule has 0 N–H and O–H groups in total. The van der Waals surface area contributed by atoms with Crippen LogP contribution >= 0.6 is 11.6 Å². The predicted octanol–water partition coefficient (Wildman–Crippen LogP) is 2.03. The average Bonchev–Trinajstić information content (AvgIpc) is 2.93. The number of halogens is 1. The van der Waals surface area contributed by atoms with E-state index in [0.717, 1.165) is 23.5 Å². The van der Waals surface area contributed by atoms with E-state index in [9.17, 15) is 4.79 Å². The number of aryl methyl sites for hydroxylation is 2. The summed E-state index contributed by atoms with van der Waals surface area (Å²) in [7, 11) is 1.78. The second-order valence-electron chi connectivity index (χ2n) is 5.08. The van der Waals surface area contributed by atoms with Gasteiger partial charge in [-0.1, -0.05) is 11.6 Å². The number of likely N-dealkylation sites (N-methyl/N-ethyl adjacent to an activating group) is 1. The lowest BCUT2D eigenvalue weighted by atomic mass is 10.2. The molecule has 1 amide bonds. The smallest absolute Gasteiger partial charge is 0.244 e. The van der Waals surface area contributed by atoms with E-state index in [4.69, 9.17) is 11.6 Å². The van der Waals surface area contributed by atoms with Gasteiger partial charge in [-0.15, -0.1) is 0 Å². The van der Waals surface area contributed by atoms with Gasteiger partial charge in [0.1, 0.15) is 6.54 Å². The highest BCUT2D eigenvalue weighted by Crippen LogP contribution is 2.13. The molecule has 2 heterocycles. The normalized spacial score (nSPS) is 10.9. The molecule has 0 aromatic carbocycles. The second-order valence-corrected chi connectivity index (χ2v) is 5.49. The van der Waals surface area contributed by atoms with E-state index < -0.39 is 0 Å². The van der Waals surface area contributed by atoms with Crippen molar-refractivity contribution in [3.8, 4) is 0 Å². The monoisotopic (exact) mass is 309 g/mol. The maximum absolute atomic E-state index is 12.2. The Hall–Kier alpha value is -1.82. The molecule has 0 radical (unpaired) electrons. The Balaban J connectivity index is 2.00. The third kappa shape index (κ3) is 3.44. The topological polar surface area (TPSA) is 56.0 Å². The zero-order valence-electron chi connectivity index (χ0n) is 12.8. The molecule has 0 aliphatic rings. The highest BCUT2D eigenvalue weighted by atomic mass is 35.5. The summed E-state index contributed by atoms with van der Waals surface area (Å²) < 4.78 is 3.49. The Morgan fingerprint density at radius 1 is 1.43 bits per heavy atom. The van der Waals surface area contributed by atoms with E-state index in [1.807, 2.05) is 31.6 Å². The van der Waals surface area contributed by atoms with Crippen LogP contribution < -0.4 is 0 Å². The number of carbonyl (C=O) groups is 1. The van der Waals surface area contributed by atoms with E-state index in [2.05, 4.69) is 10.2 Å². The lowest BCUT2D eigenvalue weighted by molar-refractivity contribution is -0.131. The van der Waals surface area contributed by atoms with Crippen LogP contribution in [0.3, 0.4) is 0 Å². The van der Waals surface area contributed by atoms with E-state index >= 15 is 0 Å². The Morgan fingerprint density at radius 3 is 2.67 bits per heavy atom. The summed E-state index contributed by atoms with van der Waals surface area (Å²) in [5, 5.41) is 9.06. The molecule has 0 bridgehead atoms. The lowest BCUT2D eigenvalue weighted by Gasteiger charge is -2.17. The number of carbonyl (C=O) groups excluding carboxylic acids is 1. The van der Waals surface area contributed by atoms with Crippen molar-refractivity contribution < 1.29 is 4.79 Å². The molecule has 0 saturated carbocycles. The summed E-state index contributed by atoms with van der Waals surface area (Å²) in [5.41, 5.74) is 2.88. The van der Waals surface area contributed by atoms with Gasteiger partial charge in [-0.2, -0.15) is 10.2 Å². The van der Waals surface area contributed by atoms with Gasteiger partial charge in [0.15, 0.2) is 0 Å². The molecule has 0 saturated heterocycles. The van der Waals surface area contributed by atoms with Crippen molar-refractivity contribution in [3.63, 3.8) is 0 Å². The van der Waals surface area contributed by atoms with Crippen molar-refractivity contribution in [2.75, 3.05) is 7.05 Å². The minimum atomic E-state index is -0.0159. The molecule has 0 unspecified atom stereocenters. The van der Waals surface area contributed by atoms with Crippen LogP contribution in [0.25, 0.3) is 0 Å². The number of hydrogen-bond donors (Lipinski definition) is 0. The van der Waals surface area contributed by atoms with Crippen molar-refractivity contribution in [1.29, 1.82) is 0 Å². The first-order chi connectivity index (χ1) is 9.92.